The first-order valence-electron chi connectivity index (χ1n) is 7.09. The maximum absolute atomic E-state index is 13.4. The van der Waals surface area contributed by atoms with Gasteiger partial charge in [-0.2, -0.15) is 0 Å². The molecule has 1 aliphatic heterocycles. The van der Waals surface area contributed by atoms with Crippen molar-refractivity contribution in [3.8, 4) is 0 Å². The minimum absolute atomic E-state index is 0.240. The third-order valence-electron chi connectivity index (χ3n) is 4.64. The van der Waals surface area contributed by atoms with E-state index in [2.05, 4.69) is 10.2 Å². The Labute approximate surface area is 118 Å². The molecule has 0 aromatic heterocycles. The molecule has 0 saturated heterocycles. The third-order valence-corrected chi connectivity index (χ3v) is 4.64. The monoisotopic (exact) mass is 277 g/mol. The molecule has 3 N–H and O–H groups in total. The average molecular weight is 277 g/mol. The van der Waals surface area contributed by atoms with Crippen molar-refractivity contribution in [1.82, 2.24) is 5.32 Å². The van der Waals surface area contributed by atoms with E-state index in [1.54, 1.807) is 13.1 Å². The largest absolute Gasteiger partial charge is 0.368 e. The summed E-state index contributed by atoms with van der Waals surface area (Å²) in [6.07, 6.45) is 2.93. The van der Waals surface area contributed by atoms with Gasteiger partial charge in [-0.15, -0.1) is 0 Å². The number of primary amides is 1. The lowest BCUT2D eigenvalue weighted by atomic mass is 9.91. The Morgan fingerprint density at radius 1 is 1.55 bits per heavy atom. The standard InChI is InChI=1S/C15H20FN3O/c1-18-15(14(17)20,11-3-4-11)9-19-7-6-10-2-5-12(16)8-13(10)19/h2,5,8,11,18H,3-4,6-7,9H2,1H3,(H2,17,20). The number of nitrogens with one attached hydrogen (secondary N) is 1. The zero-order valence-electron chi connectivity index (χ0n) is 11.7. The first-order chi connectivity index (χ1) is 9.56. The van der Waals surface area contributed by atoms with Crippen molar-refractivity contribution in [3.63, 3.8) is 0 Å². The number of amides is 1. The van der Waals surface area contributed by atoms with E-state index in [0.717, 1.165) is 37.1 Å². The van der Waals surface area contributed by atoms with Crippen LogP contribution in [0.5, 0.6) is 0 Å². The van der Waals surface area contributed by atoms with Crippen LogP contribution in [0, 0.1) is 11.7 Å². The minimum Gasteiger partial charge on any atom is -0.368 e. The molecular formula is C15H20FN3O. The summed E-state index contributed by atoms with van der Waals surface area (Å²) >= 11 is 0. The maximum atomic E-state index is 13.4. The van der Waals surface area contributed by atoms with Gasteiger partial charge in [-0.05, 0) is 49.9 Å². The Balaban J connectivity index is 1.88. The second kappa shape index (κ2) is 4.74. The number of anilines is 1. The zero-order chi connectivity index (χ0) is 14.3. The number of carbonyl (C=O) groups is 1. The smallest absolute Gasteiger partial charge is 0.239 e. The normalized spacial score (nSPS) is 20.6. The predicted octanol–water partition coefficient (Wildman–Crippen LogP) is 1.04. The molecule has 4 nitrogen and oxygen atoms in total. The number of halogens is 1. The van der Waals surface area contributed by atoms with Gasteiger partial charge < -0.3 is 16.0 Å². The number of likely N-dealkylation sites (N-methyl/N-ethyl adjacent to an activating group) is 1. The highest BCUT2D eigenvalue weighted by Crippen LogP contribution is 2.41. The van der Waals surface area contributed by atoms with Crippen LogP contribution in [-0.2, 0) is 11.2 Å². The molecule has 1 fully saturated rings. The third kappa shape index (κ3) is 2.06. The molecule has 1 unspecified atom stereocenters. The van der Waals surface area contributed by atoms with Crippen molar-refractivity contribution < 1.29 is 9.18 Å². The van der Waals surface area contributed by atoms with Crippen molar-refractivity contribution >= 4 is 11.6 Å². The molecule has 1 heterocycles. The fraction of sp³-hybridized carbons (Fsp3) is 0.533. The van der Waals surface area contributed by atoms with Gasteiger partial charge in [0.05, 0.1) is 0 Å². The Hall–Kier alpha value is -1.62. The van der Waals surface area contributed by atoms with Crippen molar-refractivity contribution in [3.05, 3.63) is 29.6 Å². The molecule has 1 aliphatic carbocycles. The molecule has 20 heavy (non-hydrogen) atoms. The van der Waals surface area contributed by atoms with E-state index in [1.165, 1.54) is 6.07 Å². The lowest BCUT2D eigenvalue weighted by Crippen LogP contribution is -2.62. The van der Waals surface area contributed by atoms with Crippen LogP contribution in [0.15, 0.2) is 18.2 Å². The lowest BCUT2D eigenvalue weighted by molar-refractivity contribution is -0.124. The molecule has 108 valence electrons. The van der Waals surface area contributed by atoms with Gasteiger partial charge in [0.25, 0.3) is 0 Å². The van der Waals surface area contributed by atoms with E-state index >= 15 is 0 Å². The van der Waals surface area contributed by atoms with Crippen molar-refractivity contribution in [2.45, 2.75) is 24.8 Å². The second-order valence-corrected chi connectivity index (χ2v) is 5.80. The number of nitrogens with zero attached hydrogens (tertiary/aromatic N) is 1. The molecule has 1 amide bonds. The summed E-state index contributed by atoms with van der Waals surface area (Å²) in [4.78, 5) is 14.0. The van der Waals surface area contributed by atoms with Crippen molar-refractivity contribution in [2.24, 2.45) is 11.7 Å². The quantitative estimate of drug-likeness (QED) is 0.845. The van der Waals surface area contributed by atoms with E-state index in [4.69, 9.17) is 5.73 Å². The number of benzene rings is 1. The fourth-order valence-corrected chi connectivity index (χ4v) is 3.27. The molecule has 0 spiro atoms. The summed E-state index contributed by atoms with van der Waals surface area (Å²) in [7, 11) is 1.78. The van der Waals surface area contributed by atoms with Crippen LogP contribution in [0.3, 0.4) is 0 Å². The number of hydrogen-bond donors (Lipinski definition) is 2. The van der Waals surface area contributed by atoms with Crippen LogP contribution in [0.1, 0.15) is 18.4 Å². The van der Waals surface area contributed by atoms with E-state index in [-0.39, 0.29) is 11.7 Å². The highest BCUT2D eigenvalue weighted by Gasteiger charge is 2.50. The van der Waals surface area contributed by atoms with Crippen molar-refractivity contribution in [2.75, 3.05) is 25.0 Å². The van der Waals surface area contributed by atoms with E-state index < -0.39 is 5.54 Å². The zero-order valence-corrected chi connectivity index (χ0v) is 11.7. The van der Waals surface area contributed by atoms with Crippen LogP contribution >= 0.6 is 0 Å². The van der Waals surface area contributed by atoms with Gasteiger partial charge in [-0.1, -0.05) is 6.07 Å². The number of rotatable bonds is 5. The molecule has 1 aromatic rings. The van der Waals surface area contributed by atoms with Crippen LogP contribution in [-0.4, -0.2) is 31.6 Å². The molecule has 0 radical (unpaired) electrons. The summed E-state index contributed by atoms with van der Waals surface area (Å²) in [5.41, 5.74) is 6.98. The average Bonchev–Trinajstić information content (AvgIpc) is 3.19. The molecule has 3 rings (SSSR count). The van der Waals surface area contributed by atoms with Crippen LogP contribution < -0.4 is 16.0 Å². The van der Waals surface area contributed by atoms with Gasteiger partial charge in [0.15, 0.2) is 0 Å². The van der Waals surface area contributed by atoms with Crippen LogP contribution in [0.4, 0.5) is 10.1 Å². The van der Waals surface area contributed by atoms with Crippen LogP contribution in [0.2, 0.25) is 0 Å². The van der Waals surface area contributed by atoms with Gasteiger partial charge in [0, 0.05) is 18.8 Å². The predicted molar refractivity (Wildman–Crippen MR) is 76.0 cm³/mol. The summed E-state index contributed by atoms with van der Waals surface area (Å²) in [6.45, 7) is 1.32. The lowest BCUT2D eigenvalue weighted by Gasteiger charge is -2.35. The maximum Gasteiger partial charge on any atom is 0.239 e. The van der Waals surface area contributed by atoms with Gasteiger partial charge in [-0.3, -0.25) is 4.79 Å². The minimum atomic E-state index is -0.700. The highest BCUT2D eigenvalue weighted by molar-refractivity contribution is 5.86. The molecule has 1 aromatic carbocycles. The van der Waals surface area contributed by atoms with E-state index in [0.29, 0.717) is 12.5 Å². The Morgan fingerprint density at radius 2 is 2.30 bits per heavy atom. The van der Waals surface area contributed by atoms with Gasteiger partial charge in [0.2, 0.25) is 5.91 Å². The molecule has 1 saturated carbocycles. The SMILES string of the molecule is CNC(CN1CCc2ccc(F)cc21)(C(N)=O)C1CC1. The Bertz CT molecular complexity index is 544. The molecular weight excluding hydrogens is 257 g/mol. The number of carbonyl (C=O) groups excluding carboxylic acids is 1. The van der Waals surface area contributed by atoms with Crippen LogP contribution in [0.25, 0.3) is 0 Å². The second-order valence-electron chi connectivity index (χ2n) is 5.80. The van der Waals surface area contributed by atoms with E-state index in [1.807, 2.05) is 6.07 Å². The molecule has 2 aliphatic rings. The first kappa shape index (κ1) is 13.4. The van der Waals surface area contributed by atoms with Crippen molar-refractivity contribution in [1.29, 1.82) is 0 Å². The Kier molecular flexibility index (Phi) is 3.17. The fourth-order valence-electron chi connectivity index (χ4n) is 3.27. The highest BCUT2D eigenvalue weighted by atomic mass is 19.1. The summed E-state index contributed by atoms with van der Waals surface area (Å²) < 4.78 is 13.4. The molecule has 0 bridgehead atoms. The molecule has 5 heteroatoms. The molecule has 1 atom stereocenters. The topological polar surface area (TPSA) is 58.4 Å². The first-order valence-corrected chi connectivity index (χ1v) is 7.09. The van der Waals surface area contributed by atoms with Gasteiger partial charge >= 0.3 is 0 Å². The Morgan fingerprint density at radius 3 is 2.90 bits per heavy atom. The van der Waals surface area contributed by atoms with Gasteiger partial charge in [-0.25, -0.2) is 4.39 Å². The number of fused-ring (bicyclic) bond motifs is 1. The number of nitrogens with two attached hydrogens (primary N) is 1. The number of hydrogen-bond acceptors (Lipinski definition) is 3. The summed E-state index contributed by atoms with van der Waals surface area (Å²) in [5, 5.41) is 3.14. The summed E-state index contributed by atoms with van der Waals surface area (Å²) in [5.74, 6) is -0.258. The van der Waals surface area contributed by atoms with E-state index in [9.17, 15) is 9.18 Å². The van der Waals surface area contributed by atoms with Gasteiger partial charge in [0.1, 0.15) is 11.4 Å². The summed E-state index contributed by atoms with van der Waals surface area (Å²) in [6, 6.07) is 4.87.